The zero-order chi connectivity index (χ0) is 17.4. The van der Waals surface area contributed by atoms with Gasteiger partial charge < -0.3 is 4.90 Å². The monoisotopic (exact) mass is 313 g/mol. The summed E-state index contributed by atoms with van der Waals surface area (Å²) >= 11 is 0. The first-order valence-corrected chi connectivity index (χ1v) is 8.07. The summed E-state index contributed by atoms with van der Waals surface area (Å²) in [7, 11) is 0. The molecule has 1 aliphatic heterocycles. The molecule has 0 bridgehead atoms. The molecule has 1 N–H and O–H groups in total. The lowest BCUT2D eigenvalue weighted by atomic mass is 9.86. The maximum absolute atomic E-state index is 11.0. The van der Waals surface area contributed by atoms with Gasteiger partial charge in [-0.25, -0.2) is 5.43 Å². The van der Waals surface area contributed by atoms with Crippen molar-refractivity contribution in [1.29, 1.82) is 0 Å². The Labute approximate surface area is 139 Å². The van der Waals surface area contributed by atoms with Crippen LogP contribution in [0.15, 0.2) is 23.3 Å². The molecule has 1 aliphatic rings. The smallest absolute Gasteiger partial charge is 0.236 e. The number of carbonyl (C=O) groups excluding carboxylic acids is 1. The number of nitrogens with one attached hydrogen (secondary N) is 1. The molecule has 1 aromatic rings. The van der Waals surface area contributed by atoms with E-state index < -0.39 is 0 Å². The van der Waals surface area contributed by atoms with Crippen molar-refractivity contribution in [2.75, 3.05) is 4.90 Å². The van der Waals surface area contributed by atoms with Crippen LogP contribution in [-0.4, -0.2) is 23.7 Å². The fourth-order valence-corrected chi connectivity index (χ4v) is 3.49. The molecule has 0 saturated heterocycles. The number of hydrazone groups is 1. The Hall–Kier alpha value is -2.10. The third-order valence-electron chi connectivity index (χ3n) is 4.20. The van der Waals surface area contributed by atoms with Crippen LogP contribution in [0.3, 0.4) is 0 Å². The van der Waals surface area contributed by atoms with Crippen molar-refractivity contribution in [3.8, 4) is 0 Å². The van der Waals surface area contributed by atoms with Gasteiger partial charge in [0.25, 0.3) is 0 Å². The van der Waals surface area contributed by atoms with Gasteiger partial charge >= 0.3 is 0 Å². The van der Waals surface area contributed by atoms with Crippen molar-refractivity contribution >= 4 is 23.4 Å². The van der Waals surface area contributed by atoms with Gasteiger partial charge in [-0.1, -0.05) is 6.08 Å². The van der Waals surface area contributed by atoms with Gasteiger partial charge in [0, 0.05) is 24.2 Å². The molecule has 0 radical (unpaired) electrons. The van der Waals surface area contributed by atoms with Crippen LogP contribution in [0.1, 0.15) is 58.2 Å². The molecule has 0 aliphatic carbocycles. The zero-order valence-corrected chi connectivity index (χ0v) is 15.2. The summed E-state index contributed by atoms with van der Waals surface area (Å²) in [5.41, 5.74) is 8.38. The van der Waals surface area contributed by atoms with Crippen LogP contribution in [0.4, 0.5) is 5.69 Å². The highest BCUT2D eigenvalue weighted by molar-refractivity contribution is 5.90. The number of hydrogen-bond acceptors (Lipinski definition) is 3. The maximum atomic E-state index is 11.0. The number of carbonyl (C=O) groups is 1. The highest BCUT2D eigenvalue weighted by Gasteiger charge is 2.33. The normalized spacial score (nSPS) is 16.5. The number of rotatable bonds is 3. The summed E-state index contributed by atoms with van der Waals surface area (Å²) in [5, 5.41) is 4.00. The topological polar surface area (TPSA) is 44.7 Å². The van der Waals surface area contributed by atoms with E-state index in [-0.39, 0.29) is 11.4 Å². The predicted molar refractivity (Wildman–Crippen MR) is 97.9 cm³/mol. The molecule has 4 nitrogen and oxygen atoms in total. The molecule has 0 unspecified atom stereocenters. The van der Waals surface area contributed by atoms with E-state index >= 15 is 0 Å². The summed E-state index contributed by atoms with van der Waals surface area (Å²) in [6.45, 7) is 14.6. The molecule has 0 aromatic heterocycles. The van der Waals surface area contributed by atoms with E-state index in [2.05, 4.69) is 75.2 Å². The Bertz CT molecular complexity index is 684. The van der Waals surface area contributed by atoms with Crippen LogP contribution in [0.2, 0.25) is 0 Å². The average Bonchev–Trinajstić information content (AvgIpc) is 2.38. The van der Waals surface area contributed by atoms with E-state index in [0.717, 1.165) is 11.1 Å². The van der Waals surface area contributed by atoms with Crippen LogP contribution in [-0.2, 0) is 4.79 Å². The molecule has 1 amide bonds. The molecule has 0 fully saturated rings. The fourth-order valence-electron chi connectivity index (χ4n) is 3.49. The maximum Gasteiger partial charge on any atom is 0.236 e. The summed E-state index contributed by atoms with van der Waals surface area (Å²) in [5.74, 6) is -0.166. The Balaban J connectivity index is 2.53. The highest BCUT2D eigenvalue weighted by Crippen LogP contribution is 2.41. The van der Waals surface area contributed by atoms with Gasteiger partial charge in [0.1, 0.15) is 0 Å². The molecule has 23 heavy (non-hydrogen) atoms. The van der Waals surface area contributed by atoms with E-state index in [1.165, 1.54) is 23.7 Å². The number of nitrogens with zero attached hydrogens (tertiary/aromatic N) is 2. The summed E-state index contributed by atoms with van der Waals surface area (Å²) in [6, 6.07) is 4.79. The largest absolute Gasteiger partial charge is 0.360 e. The number of benzene rings is 1. The Kier molecular flexibility index (Phi) is 4.64. The highest BCUT2D eigenvalue weighted by atomic mass is 16.2. The molecule has 1 aromatic carbocycles. The van der Waals surface area contributed by atoms with Crippen LogP contribution in [0, 0.1) is 6.92 Å². The Morgan fingerprint density at radius 1 is 1.30 bits per heavy atom. The number of anilines is 1. The Morgan fingerprint density at radius 3 is 2.52 bits per heavy atom. The third kappa shape index (κ3) is 3.46. The molecule has 0 saturated carbocycles. The second-order valence-corrected chi connectivity index (χ2v) is 7.10. The first-order chi connectivity index (χ1) is 10.6. The number of amides is 1. The van der Waals surface area contributed by atoms with E-state index in [9.17, 15) is 4.79 Å². The molecular formula is C19H27N3O. The first kappa shape index (κ1) is 17.3. The van der Waals surface area contributed by atoms with Crippen molar-refractivity contribution in [3.05, 3.63) is 34.9 Å². The number of aryl methyl sites for hydroxylation is 1. The molecular weight excluding hydrogens is 286 g/mol. The van der Waals surface area contributed by atoms with Crippen molar-refractivity contribution < 1.29 is 4.79 Å². The van der Waals surface area contributed by atoms with E-state index in [1.807, 2.05) is 0 Å². The zero-order valence-electron chi connectivity index (χ0n) is 15.2. The molecule has 124 valence electrons. The van der Waals surface area contributed by atoms with E-state index in [4.69, 9.17) is 0 Å². The number of fused-ring (bicyclic) bond motifs is 1. The van der Waals surface area contributed by atoms with Gasteiger partial charge in [0.15, 0.2) is 0 Å². The van der Waals surface area contributed by atoms with Crippen LogP contribution < -0.4 is 10.3 Å². The van der Waals surface area contributed by atoms with Crippen LogP contribution in [0.25, 0.3) is 5.57 Å². The third-order valence-corrected chi connectivity index (χ3v) is 4.20. The predicted octanol–water partition coefficient (Wildman–Crippen LogP) is 3.88. The Morgan fingerprint density at radius 2 is 1.96 bits per heavy atom. The standard InChI is InChI=1S/C19H27N3O/c1-12(2)22-18-8-13(3)16(11-20-21-15(5)23)9-17(18)14(4)10-19(22,6)7/h8-12H,1-7H3,(H,21,23)/b20-11+. The van der Waals surface area contributed by atoms with Gasteiger partial charge in [-0.15, -0.1) is 0 Å². The van der Waals surface area contributed by atoms with Crippen molar-refractivity contribution in [3.63, 3.8) is 0 Å². The minimum absolute atomic E-state index is 0.0104. The van der Waals surface area contributed by atoms with Gasteiger partial charge in [0.2, 0.25) is 5.91 Å². The van der Waals surface area contributed by atoms with E-state index in [0.29, 0.717) is 6.04 Å². The van der Waals surface area contributed by atoms with Gasteiger partial charge in [-0.3, -0.25) is 4.79 Å². The van der Waals surface area contributed by atoms with Crippen molar-refractivity contribution in [2.45, 2.75) is 60.0 Å². The number of hydrogen-bond donors (Lipinski definition) is 1. The van der Waals surface area contributed by atoms with Gasteiger partial charge in [-0.05, 0) is 70.4 Å². The lowest BCUT2D eigenvalue weighted by Gasteiger charge is -2.46. The van der Waals surface area contributed by atoms with E-state index in [1.54, 1.807) is 6.21 Å². The first-order valence-electron chi connectivity index (χ1n) is 8.07. The minimum Gasteiger partial charge on any atom is -0.360 e. The SMILES string of the molecule is CC(=O)N/N=C/c1cc2c(cc1C)N(C(C)C)C(C)(C)C=C2C. The quantitative estimate of drug-likeness (QED) is 0.680. The lowest BCUT2D eigenvalue weighted by Crippen LogP contribution is -2.49. The number of allylic oxidation sites excluding steroid dienone is 1. The summed E-state index contributed by atoms with van der Waals surface area (Å²) in [4.78, 5) is 13.4. The van der Waals surface area contributed by atoms with Gasteiger partial charge in [-0.2, -0.15) is 5.10 Å². The molecule has 0 atom stereocenters. The molecule has 4 heteroatoms. The second kappa shape index (κ2) is 6.19. The molecule has 0 spiro atoms. The summed E-state index contributed by atoms with van der Waals surface area (Å²) in [6.07, 6.45) is 4.03. The van der Waals surface area contributed by atoms with Crippen LogP contribution >= 0.6 is 0 Å². The second-order valence-electron chi connectivity index (χ2n) is 7.10. The average molecular weight is 313 g/mol. The minimum atomic E-state index is -0.166. The molecule has 1 heterocycles. The van der Waals surface area contributed by atoms with Crippen LogP contribution in [0.5, 0.6) is 0 Å². The fraction of sp³-hybridized carbons (Fsp3) is 0.474. The molecule has 2 rings (SSSR count). The van der Waals surface area contributed by atoms with Gasteiger partial charge in [0.05, 0.1) is 11.8 Å². The van der Waals surface area contributed by atoms with Crippen molar-refractivity contribution in [2.24, 2.45) is 5.10 Å². The summed E-state index contributed by atoms with van der Waals surface area (Å²) < 4.78 is 0. The lowest BCUT2D eigenvalue weighted by molar-refractivity contribution is -0.118. The van der Waals surface area contributed by atoms with Crippen molar-refractivity contribution in [1.82, 2.24) is 5.43 Å².